The van der Waals surface area contributed by atoms with E-state index >= 15 is 0 Å². The van der Waals surface area contributed by atoms with Crippen LogP contribution in [0.25, 0.3) is 0 Å². The third-order valence-corrected chi connectivity index (χ3v) is 3.55. The van der Waals surface area contributed by atoms with Gasteiger partial charge in [-0.05, 0) is 50.2 Å². The van der Waals surface area contributed by atoms with Gasteiger partial charge in [0, 0.05) is 30.3 Å². The Morgan fingerprint density at radius 2 is 1.83 bits per heavy atom. The van der Waals surface area contributed by atoms with Crippen molar-refractivity contribution in [2.75, 3.05) is 25.0 Å². The Hall–Kier alpha value is -1.11. The van der Waals surface area contributed by atoms with Gasteiger partial charge in [0.1, 0.15) is 5.75 Å². The zero-order valence-electron chi connectivity index (χ0n) is 12.6. The Morgan fingerprint density at radius 1 is 1.22 bits per heavy atom. The molecule has 0 saturated carbocycles. The van der Waals surface area contributed by atoms with Crippen molar-refractivity contribution >= 4 is 35.6 Å². The highest BCUT2D eigenvalue weighted by Crippen LogP contribution is 2.25. The number of amides is 1. The fraction of sp³-hybridized carbons (Fsp3) is 0.533. The largest absolute Gasteiger partial charge is 0.487 e. The molecule has 0 radical (unpaired) electrons. The van der Waals surface area contributed by atoms with Gasteiger partial charge in [-0.1, -0.05) is 6.42 Å². The molecule has 0 bridgehead atoms. The van der Waals surface area contributed by atoms with Crippen LogP contribution in [0, 0.1) is 0 Å². The summed E-state index contributed by atoms with van der Waals surface area (Å²) in [5.41, 5.74) is -3.20. The van der Waals surface area contributed by atoms with Gasteiger partial charge in [-0.3, -0.25) is 4.79 Å². The molecule has 23 heavy (non-hydrogen) atoms. The lowest BCUT2D eigenvalue weighted by Gasteiger charge is -2.25. The van der Waals surface area contributed by atoms with Gasteiger partial charge >= 0.3 is 5.57 Å². The number of benzene rings is 1. The van der Waals surface area contributed by atoms with Crippen LogP contribution >= 0.6 is 24.0 Å². The molecule has 1 aliphatic heterocycles. The van der Waals surface area contributed by atoms with Crippen molar-refractivity contribution in [3.8, 4) is 5.75 Å². The molecule has 1 saturated heterocycles. The zero-order chi connectivity index (χ0) is 16.0. The second kappa shape index (κ2) is 9.25. The molecular formula is C15H20Cl2F2N2O2. The first-order valence-electron chi connectivity index (χ1n) is 7.30. The molecule has 0 unspecified atom stereocenters. The fourth-order valence-electron chi connectivity index (χ4n) is 2.41. The molecule has 0 spiro atoms. The number of nitrogens with one attached hydrogen (secondary N) is 1. The van der Waals surface area contributed by atoms with Crippen LogP contribution in [0.15, 0.2) is 24.3 Å². The third kappa shape index (κ3) is 7.81. The monoisotopic (exact) mass is 368 g/mol. The van der Waals surface area contributed by atoms with Crippen LogP contribution in [0.3, 0.4) is 0 Å². The number of carbonyl (C=O) groups excluding carboxylic acids is 1. The van der Waals surface area contributed by atoms with Crippen molar-refractivity contribution in [3.05, 3.63) is 24.3 Å². The van der Waals surface area contributed by atoms with Crippen molar-refractivity contribution in [2.24, 2.45) is 0 Å². The topological polar surface area (TPSA) is 41.6 Å². The Labute approximate surface area is 145 Å². The van der Waals surface area contributed by atoms with Gasteiger partial charge in [0.15, 0.2) is 0 Å². The minimum atomic E-state index is -3.74. The van der Waals surface area contributed by atoms with Crippen LogP contribution in [-0.2, 0) is 4.79 Å². The standard InChI is InChI=1S/C15H19ClF2N2O2.ClH/c16-15(17,18)22-13-6-4-12(5-7-13)19-14(21)8-11-20-9-2-1-3-10-20;/h4-7H,1-3,8-11H2,(H,19,21);1H. The fourth-order valence-corrected chi connectivity index (χ4v) is 2.50. The van der Waals surface area contributed by atoms with Crippen LogP contribution in [0.5, 0.6) is 5.75 Å². The van der Waals surface area contributed by atoms with Gasteiger partial charge in [0.25, 0.3) is 0 Å². The maximum absolute atomic E-state index is 12.5. The second-order valence-electron chi connectivity index (χ2n) is 5.27. The molecule has 8 heteroatoms. The summed E-state index contributed by atoms with van der Waals surface area (Å²) in [4.78, 5) is 14.1. The summed E-state index contributed by atoms with van der Waals surface area (Å²) in [6, 6.07) is 5.65. The maximum atomic E-state index is 12.5. The molecule has 0 aliphatic carbocycles. The van der Waals surface area contributed by atoms with E-state index in [0.29, 0.717) is 12.1 Å². The van der Waals surface area contributed by atoms with Crippen LogP contribution in [0.4, 0.5) is 14.5 Å². The Morgan fingerprint density at radius 3 is 2.39 bits per heavy atom. The molecule has 130 valence electrons. The smallest absolute Gasteiger partial charge is 0.420 e. The highest BCUT2D eigenvalue weighted by molar-refractivity contribution is 6.20. The van der Waals surface area contributed by atoms with E-state index in [1.54, 1.807) is 0 Å². The molecule has 1 aromatic carbocycles. The molecule has 0 aromatic heterocycles. The van der Waals surface area contributed by atoms with Crippen LogP contribution in [-0.4, -0.2) is 36.0 Å². The van der Waals surface area contributed by atoms with E-state index in [4.69, 9.17) is 0 Å². The normalized spacial score (nSPS) is 15.6. The lowest BCUT2D eigenvalue weighted by atomic mass is 10.1. The van der Waals surface area contributed by atoms with Crippen LogP contribution < -0.4 is 10.1 Å². The number of anilines is 1. The predicted octanol–water partition coefficient (Wildman–Crippen LogP) is 4.09. The van der Waals surface area contributed by atoms with Crippen molar-refractivity contribution in [3.63, 3.8) is 0 Å². The Bertz CT molecular complexity index is 489. The van der Waals surface area contributed by atoms with E-state index < -0.39 is 5.57 Å². The average Bonchev–Trinajstić information content (AvgIpc) is 2.47. The second-order valence-corrected chi connectivity index (χ2v) is 5.71. The molecule has 1 aromatic rings. The molecule has 1 N–H and O–H groups in total. The number of hydrogen-bond acceptors (Lipinski definition) is 3. The number of halogens is 4. The van der Waals surface area contributed by atoms with Crippen LogP contribution in [0.1, 0.15) is 25.7 Å². The van der Waals surface area contributed by atoms with E-state index in [2.05, 4.69) is 26.6 Å². The number of likely N-dealkylation sites (tertiary alicyclic amines) is 1. The van der Waals surface area contributed by atoms with Gasteiger partial charge in [-0.25, -0.2) is 0 Å². The molecular weight excluding hydrogens is 349 g/mol. The third-order valence-electron chi connectivity index (χ3n) is 3.48. The van der Waals surface area contributed by atoms with Gasteiger partial charge in [-0.15, -0.1) is 21.2 Å². The number of alkyl halides is 3. The van der Waals surface area contributed by atoms with Crippen molar-refractivity contribution in [1.29, 1.82) is 0 Å². The summed E-state index contributed by atoms with van der Waals surface area (Å²) < 4.78 is 29.1. The number of piperidine rings is 1. The summed E-state index contributed by atoms with van der Waals surface area (Å²) in [7, 11) is 0. The van der Waals surface area contributed by atoms with E-state index in [-0.39, 0.29) is 24.1 Å². The first-order chi connectivity index (χ1) is 10.4. The Kier molecular flexibility index (Phi) is 8.02. The minimum Gasteiger partial charge on any atom is -0.420 e. The van der Waals surface area contributed by atoms with Crippen molar-refractivity contribution in [1.82, 2.24) is 4.90 Å². The molecule has 1 heterocycles. The van der Waals surface area contributed by atoms with E-state index in [9.17, 15) is 13.6 Å². The lowest BCUT2D eigenvalue weighted by Crippen LogP contribution is -2.32. The average molecular weight is 369 g/mol. The number of nitrogens with zero attached hydrogens (tertiary/aromatic N) is 1. The number of rotatable bonds is 6. The molecule has 2 rings (SSSR count). The first-order valence-corrected chi connectivity index (χ1v) is 7.68. The van der Waals surface area contributed by atoms with Gasteiger partial charge in [0.2, 0.25) is 5.91 Å². The molecule has 1 aliphatic rings. The quantitative estimate of drug-likeness (QED) is 0.768. The predicted molar refractivity (Wildman–Crippen MR) is 88.7 cm³/mol. The Balaban J connectivity index is 0.00000264. The number of hydrogen-bond donors (Lipinski definition) is 1. The SMILES string of the molecule is Cl.O=C(CCN1CCCCC1)Nc1ccc(OC(F)(F)Cl)cc1. The van der Waals surface area contributed by atoms with Crippen LogP contribution in [0.2, 0.25) is 0 Å². The maximum Gasteiger partial charge on any atom is 0.487 e. The summed E-state index contributed by atoms with van der Waals surface area (Å²) in [6.07, 6.45) is 4.05. The van der Waals surface area contributed by atoms with E-state index in [0.717, 1.165) is 19.6 Å². The summed E-state index contributed by atoms with van der Waals surface area (Å²) in [6.45, 7) is 2.84. The zero-order valence-corrected chi connectivity index (χ0v) is 14.1. The molecule has 1 amide bonds. The van der Waals surface area contributed by atoms with E-state index in [1.165, 1.54) is 43.5 Å². The minimum absolute atomic E-state index is 0. The van der Waals surface area contributed by atoms with Gasteiger partial charge in [-0.2, -0.15) is 0 Å². The van der Waals surface area contributed by atoms with Crippen molar-refractivity contribution in [2.45, 2.75) is 31.3 Å². The van der Waals surface area contributed by atoms with Gasteiger partial charge in [0.05, 0.1) is 0 Å². The highest BCUT2D eigenvalue weighted by atomic mass is 35.5. The molecule has 4 nitrogen and oxygen atoms in total. The molecule has 0 atom stereocenters. The number of carbonyl (C=O) groups is 1. The first kappa shape index (κ1) is 19.9. The summed E-state index contributed by atoms with van der Waals surface area (Å²) in [5, 5.41) is 2.73. The molecule has 1 fully saturated rings. The number of ether oxygens (including phenoxy) is 1. The summed E-state index contributed by atoms with van der Waals surface area (Å²) in [5.74, 6) is -0.159. The van der Waals surface area contributed by atoms with E-state index in [1.807, 2.05) is 0 Å². The van der Waals surface area contributed by atoms with Crippen molar-refractivity contribution < 1.29 is 18.3 Å². The highest BCUT2D eigenvalue weighted by Gasteiger charge is 2.27. The lowest BCUT2D eigenvalue weighted by molar-refractivity contribution is -0.116. The van der Waals surface area contributed by atoms with Gasteiger partial charge < -0.3 is 15.0 Å². The summed E-state index contributed by atoms with van der Waals surface area (Å²) >= 11 is 4.68.